The number of nitrogens with zero attached hydrogens (tertiary/aromatic N) is 2. The zero-order valence-electron chi connectivity index (χ0n) is 14.5. The highest BCUT2D eigenvalue weighted by Crippen LogP contribution is 2.27. The molecule has 2 N–H and O–H groups in total. The fourth-order valence-electron chi connectivity index (χ4n) is 3.18. The fourth-order valence-corrected chi connectivity index (χ4v) is 3.18. The Balaban J connectivity index is 1.64. The van der Waals surface area contributed by atoms with E-state index in [0.29, 0.717) is 18.6 Å². The molecule has 7 heteroatoms. The highest BCUT2D eigenvalue weighted by atomic mass is 19.1. The van der Waals surface area contributed by atoms with E-state index in [4.69, 9.17) is 4.74 Å². The number of amides is 1. The second-order valence-corrected chi connectivity index (χ2v) is 6.39. The molecule has 3 rings (SSSR count). The molecule has 0 unspecified atom stereocenters. The van der Waals surface area contributed by atoms with Crippen LogP contribution in [0.25, 0.3) is 6.08 Å². The maximum Gasteiger partial charge on any atom is 0.246 e. The maximum atomic E-state index is 13.3. The van der Waals surface area contributed by atoms with Crippen LogP contribution < -0.4 is 4.74 Å². The third-order valence-corrected chi connectivity index (χ3v) is 4.62. The lowest BCUT2D eigenvalue weighted by atomic mass is 9.89. The van der Waals surface area contributed by atoms with Gasteiger partial charge in [0, 0.05) is 19.2 Å². The van der Waals surface area contributed by atoms with Crippen molar-refractivity contribution in [3.63, 3.8) is 0 Å². The van der Waals surface area contributed by atoms with Gasteiger partial charge in [-0.2, -0.15) is 0 Å². The molecule has 3 atom stereocenters. The molecule has 6 nitrogen and oxygen atoms in total. The Bertz CT molecular complexity index is 763. The summed E-state index contributed by atoms with van der Waals surface area (Å²) in [5.41, 5.74) is 0.725. The van der Waals surface area contributed by atoms with Crippen molar-refractivity contribution in [3.8, 4) is 5.75 Å². The highest BCUT2D eigenvalue weighted by Gasteiger charge is 2.36. The molecule has 138 valence electrons. The van der Waals surface area contributed by atoms with Gasteiger partial charge in [0.2, 0.25) is 5.91 Å². The number of benzene rings is 1. The second-order valence-electron chi connectivity index (χ2n) is 6.39. The average molecular weight is 359 g/mol. The normalized spacial score (nSPS) is 23.1. The standard InChI is InChI=1S/C19H22FN3O3/c1-23(18(24)9-8-14-11-21-12-22-14)16-6-3-7-17(19(16)25)26-15-5-2-4-13(20)10-15/h2,4-5,8-12,16-17,19,25H,3,6-7H2,1H3,(H,21,22)/b9-8+/t16-,17-,19-/m1/s1. The number of hydrogen-bond donors (Lipinski definition) is 2. The number of hydrogen-bond acceptors (Lipinski definition) is 4. The van der Waals surface area contributed by atoms with Gasteiger partial charge in [0.1, 0.15) is 23.8 Å². The van der Waals surface area contributed by atoms with Crippen molar-refractivity contribution in [2.45, 2.75) is 37.5 Å². The summed E-state index contributed by atoms with van der Waals surface area (Å²) in [6, 6.07) is 5.49. The molecule has 1 aromatic heterocycles. The molecule has 0 aliphatic heterocycles. The Morgan fingerprint density at radius 2 is 2.31 bits per heavy atom. The third-order valence-electron chi connectivity index (χ3n) is 4.62. The van der Waals surface area contributed by atoms with Crippen molar-refractivity contribution in [1.29, 1.82) is 0 Å². The van der Waals surface area contributed by atoms with Gasteiger partial charge in [-0.25, -0.2) is 9.37 Å². The maximum absolute atomic E-state index is 13.3. The molecular weight excluding hydrogens is 337 g/mol. The van der Waals surface area contributed by atoms with E-state index in [0.717, 1.165) is 12.1 Å². The lowest BCUT2D eigenvalue weighted by Crippen LogP contribution is -2.53. The second kappa shape index (κ2) is 8.14. The van der Waals surface area contributed by atoms with Crippen molar-refractivity contribution >= 4 is 12.0 Å². The van der Waals surface area contributed by atoms with Crippen LogP contribution in [-0.2, 0) is 4.79 Å². The van der Waals surface area contributed by atoms with Gasteiger partial charge in [-0.3, -0.25) is 4.79 Å². The number of carbonyl (C=O) groups is 1. The minimum absolute atomic E-state index is 0.213. The molecule has 2 aromatic rings. The summed E-state index contributed by atoms with van der Waals surface area (Å²) in [6.07, 6.45) is 7.05. The molecule has 26 heavy (non-hydrogen) atoms. The fraction of sp³-hybridized carbons (Fsp3) is 0.368. The van der Waals surface area contributed by atoms with Crippen LogP contribution in [0.2, 0.25) is 0 Å². The largest absolute Gasteiger partial charge is 0.488 e. The van der Waals surface area contributed by atoms with Crippen LogP contribution in [0.1, 0.15) is 25.0 Å². The van der Waals surface area contributed by atoms with E-state index in [1.807, 2.05) is 0 Å². The number of halogens is 1. The number of carbonyl (C=O) groups excluding carboxylic acids is 1. The van der Waals surface area contributed by atoms with Gasteiger partial charge in [-0.05, 0) is 37.5 Å². The molecule has 1 aliphatic carbocycles. The lowest BCUT2D eigenvalue weighted by molar-refractivity contribution is -0.132. The number of H-pyrrole nitrogens is 1. The number of rotatable bonds is 5. The Hall–Kier alpha value is -2.67. The molecule has 0 saturated heterocycles. The number of aromatic nitrogens is 2. The molecule has 0 radical (unpaired) electrons. The summed E-state index contributed by atoms with van der Waals surface area (Å²) in [4.78, 5) is 20.7. The van der Waals surface area contributed by atoms with Crippen LogP contribution in [0.3, 0.4) is 0 Å². The van der Waals surface area contributed by atoms with Gasteiger partial charge in [0.25, 0.3) is 0 Å². The van der Waals surface area contributed by atoms with Crippen molar-refractivity contribution in [2.24, 2.45) is 0 Å². The molecule has 0 bridgehead atoms. The molecule has 1 aliphatic rings. The van der Waals surface area contributed by atoms with Crippen molar-refractivity contribution in [1.82, 2.24) is 14.9 Å². The van der Waals surface area contributed by atoms with E-state index in [1.54, 1.807) is 31.5 Å². The van der Waals surface area contributed by atoms with Crippen LogP contribution >= 0.6 is 0 Å². The first-order valence-electron chi connectivity index (χ1n) is 8.58. The van der Waals surface area contributed by atoms with Crippen LogP contribution in [0.15, 0.2) is 42.9 Å². The lowest BCUT2D eigenvalue weighted by Gasteiger charge is -2.39. The quantitative estimate of drug-likeness (QED) is 0.804. The predicted molar refractivity (Wildman–Crippen MR) is 94.9 cm³/mol. The SMILES string of the molecule is CN(C(=O)/C=C/c1cnc[nH]1)[C@@H]1CCC[C@@H](Oc2cccc(F)c2)[C@@H]1O. The Morgan fingerprint density at radius 1 is 1.46 bits per heavy atom. The zero-order chi connectivity index (χ0) is 18.5. The summed E-state index contributed by atoms with van der Waals surface area (Å²) in [5.74, 6) is -0.224. The first-order valence-corrected chi connectivity index (χ1v) is 8.58. The van der Waals surface area contributed by atoms with Crippen LogP contribution in [-0.4, -0.2) is 51.2 Å². The summed E-state index contributed by atoms with van der Waals surface area (Å²) in [6.45, 7) is 0. The number of aliphatic hydroxyl groups is 1. The number of imidazole rings is 1. The number of likely N-dealkylation sites (N-methyl/N-ethyl adjacent to an activating group) is 1. The summed E-state index contributed by atoms with van der Waals surface area (Å²) < 4.78 is 19.1. The smallest absolute Gasteiger partial charge is 0.246 e. The van der Waals surface area contributed by atoms with E-state index in [1.165, 1.54) is 29.4 Å². The first kappa shape index (κ1) is 18.1. The third kappa shape index (κ3) is 4.29. The number of ether oxygens (including phenoxy) is 1. The molecule has 1 aromatic carbocycles. The molecule has 1 heterocycles. The van der Waals surface area contributed by atoms with Crippen molar-refractivity contribution < 1.29 is 19.0 Å². The van der Waals surface area contributed by atoms with Gasteiger partial charge in [-0.1, -0.05) is 6.07 Å². The number of aliphatic hydroxyl groups excluding tert-OH is 1. The Morgan fingerprint density at radius 3 is 3.04 bits per heavy atom. The zero-order valence-corrected chi connectivity index (χ0v) is 14.5. The predicted octanol–water partition coefficient (Wildman–Crippen LogP) is 2.38. The van der Waals surface area contributed by atoms with E-state index in [2.05, 4.69) is 9.97 Å². The average Bonchev–Trinajstić information content (AvgIpc) is 3.14. The molecular formula is C19H22FN3O3. The van der Waals surface area contributed by atoms with E-state index in [9.17, 15) is 14.3 Å². The van der Waals surface area contributed by atoms with E-state index < -0.39 is 12.2 Å². The minimum Gasteiger partial charge on any atom is -0.488 e. The summed E-state index contributed by atoms with van der Waals surface area (Å²) in [7, 11) is 1.66. The van der Waals surface area contributed by atoms with E-state index in [-0.39, 0.29) is 17.8 Å². The summed E-state index contributed by atoms with van der Waals surface area (Å²) in [5, 5.41) is 10.7. The highest BCUT2D eigenvalue weighted by molar-refractivity contribution is 5.91. The van der Waals surface area contributed by atoms with Crippen molar-refractivity contribution in [2.75, 3.05) is 7.05 Å². The van der Waals surface area contributed by atoms with Gasteiger partial charge in [0.05, 0.1) is 24.3 Å². The Kier molecular flexibility index (Phi) is 5.68. The molecule has 1 saturated carbocycles. The topological polar surface area (TPSA) is 78.5 Å². The Labute approximate surface area is 151 Å². The first-order chi connectivity index (χ1) is 12.5. The molecule has 1 amide bonds. The van der Waals surface area contributed by atoms with Gasteiger partial charge < -0.3 is 19.7 Å². The van der Waals surface area contributed by atoms with Gasteiger partial charge in [-0.15, -0.1) is 0 Å². The van der Waals surface area contributed by atoms with Crippen molar-refractivity contribution in [3.05, 3.63) is 54.4 Å². The monoisotopic (exact) mass is 359 g/mol. The van der Waals surface area contributed by atoms with Crippen LogP contribution in [0.5, 0.6) is 5.75 Å². The van der Waals surface area contributed by atoms with E-state index >= 15 is 0 Å². The van der Waals surface area contributed by atoms with Gasteiger partial charge in [0.15, 0.2) is 0 Å². The van der Waals surface area contributed by atoms with Crippen LogP contribution in [0.4, 0.5) is 4.39 Å². The minimum atomic E-state index is -0.846. The van der Waals surface area contributed by atoms with Gasteiger partial charge >= 0.3 is 0 Å². The van der Waals surface area contributed by atoms with Crippen LogP contribution in [0, 0.1) is 5.82 Å². The number of nitrogens with one attached hydrogen (secondary N) is 1. The molecule has 1 fully saturated rings. The molecule has 0 spiro atoms. The summed E-state index contributed by atoms with van der Waals surface area (Å²) >= 11 is 0. The number of aromatic amines is 1.